The van der Waals surface area contributed by atoms with Gasteiger partial charge in [0.05, 0.1) is 14.2 Å². The Balaban J connectivity index is 1.77. The Morgan fingerprint density at radius 1 is 0.952 bits per heavy atom. The molecule has 2 aromatic carbocycles. The number of ether oxygens (including phenoxy) is 2. The number of fused-ring (bicyclic) bond motifs is 1. The molecule has 0 unspecified atom stereocenters. The molecule has 4 nitrogen and oxygen atoms in total. The molecule has 3 aromatic rings. The van der Waals surface area contributed by atoms with Crippen LogP contribution in [0.1, 0.15) is 5.56 Å². The Hall–Kier alpha value is -2.62. The van der Waals surface area contributed by atoms with Crippen LogP contribution in [0.5, 0.6) is 11.5 Å². The molecule has 0 bridgehead atoms. The molecular weight excluding hydrogens is 264 g/mol. The number of aromatic nitrogens is 1. The van der Waals surface area contributed by atoms with Crippen LogP contribution in [0.25, 0.3) is 10.9 Å². The molecule has 0 fully saturated rings. The number of H-pyrrole nitrogens is 1. The van der Waals surface area contributed by atoms with Crippen molar-refractivity contribution in [1.82, 2.24) is 4.98 Å². The van der Waals surface area contributed by atoms with Crippen molar-refractivity contribution < 1.29 is 9.47 Å². The molecule has 4 heteroatoms. The number of nitrogens with one attached hydrogen (secondary N) is 2. The van der Waals surface area contributed by atoms with Crippen molar-refractivity contribution in [3.05, 3.63) is 54.2 Å². The Kier molecular flexibility index (Phi) is 3.69. The lowest BCUT2D eigenvalue weighted by molar-refractivity contribution is 0.393. The topological polar surface area (TPSA) is 46.3 Å². The molecule has 1 aromatic heterocycles. The summed E-state index contributed by atoms with van der Waals surface area (Å²) in [6.07, 6.45) is 1.95. The minimum absolute atomic E-state index is 0.712. The molecule has 0 aliphatic carbocycles. The van der Waals surface area contributed by atoms with E-state index >= 15 is 0 Å². The molecule has 0 aliphatic heterocycles. The number of methoxy groups -OCH3 is 2. The van der Waals surface area contributed by atoms with E-state index in [9.17, 15) is 0 Å². The minimum Gasteiger partial charge on any atom is -0.497 e. The zero-order valence-electron chi connectivity index (χ0n) is 12.1. The normalized spacial score (nSPS) is 10.6. The van der Waals surface area contributed by atoms with E-state index in [1.54, 1.807) is 14.2 Å². The molecule has 2 N–H and O–H groups in total. The SMILES string of the molecule is COc1cc(CNc2ccc3[nH]ccc3c2)cc(OC)c1. The van der Waals surface area contributed by atoms with E-state index in [4.69, 9.17) is 9.47 Å². The van der Waals surface area contributed by atoms with Gasteiger partial charge in [-0.1, -0.05) is 0 Å². The molecule has 3 rings (SSSR count). The van der Waals surface area contributed by atoms with Crippen LogP contribution < -0.4 is 14.8 Å². The van der Waals surface area contributed by atoms with Crippen molar-refractivity contribution in [3.63, 3.8) is 0 Å². The van der Waals surface area contributed by atoms with Gasteiger partial charge in [-0.25, -0.2) is 0 Å². The molecular formula is C17H18N2O2. The van der Waals surface area contributed by atoms with Crippen LogP contribution in [-0.2, 0) is 6.54 Å². The van der Waals surface area contributed by atoms with Crippen LogP contribution in [0.4, 0.5) is 5.69 Å². The van der Waals surface area contributed by atoms with E-state index in [1.165, 1.54) is 5.39 Å². The molecule has 0 amide bonds. The lowest BCUT2D eigenvalue weighted by Gasteiger charge is -2.10. The van der Waals surface area contributed by atoms with E-state index in [2.05, 4.69) is 34.6 Å². The van der Waals surface area contributed by atoms with Gasteiger partial charge in [0.25, 0.3) is 0 Å². The van der Waals surface area contributed by atoms with Gasteiger partial charge in [0, 0.05) is 35.4 Å². The van der Waals surface area contributed by atoms with Gasteiger partial charge < -0.3 is 19.8 Å². The van der Waals surface area contributed by atoms with Gasteiger partial charge in [0.2, 0.25) is 0 Å². The van der Waals surface area contributed by atoms with E-state index in [0.29, 0.717) is 6.54 Å². The predicted molar refractivity (Wildman–Crippen MR) is 85.2 cm³/mol. The number of hydrogen-bond acceptors (Lipinski definition) is 3. The number of hydrogen-bond donors (Lipinski definition) is 2. The zero-order valence-corrected chi connectivity index (χ0v) is 12.1. The highest BCUT2D eigenvalue weighted by Crippen LogP contribution is 2.24. The second kappa shape index (κ2) is 5.79. The molecule has 0 saturated carbocycles. The summed E-state index contributed by atoms with van der Waals surface area (Å²) in [5.41, 5.74) is 3.34. The van der Waals surface area contributed by atoms with Gasteiger partial charge >= 0.3 is 0 Å². The summed E-state index contributed by atoms with van der Waals surface area (Å²) < 4.78 is 10.6. The molecule has 0 spiro atoms. The summed E-state index contributed by atoms with van der Waals surface area (Å²) >= 11 is 0. The fourth-order valence-corrected chi connectivity index (χ4v) is 2.34. The fraction of sp³-hybridized carbons (Fsp3) is 0.176. The average Bonchev–Trinajstić information content (AvgIpc) is 3.00. The van der Waals surface area contributed by atoms with Gasteiger partial charge in [-0.2, -0.15) is 0 Å². The highest BCUT2D eigenvalue weighted by atomic mass is 16.5. The van der Waals surface area contributed by atoms with Crippen molar-refractivity contribution >= 4 is 16.6 Å². The number of rotatable bonds is 5. The third-order valence-corrected chi connectivity index (χ3v) is 3.46. The molecule has 1 heterocycles. The maximum Gasteiger partial charge on any atom is 0.122 e. The molecule has 108 valence electrons. The Labute approximate surface area is 123 Å². The number of anilines is 1. The van der Waals surface area contributed by atoms with Crippen LogP contribution in [0.3, 0.4) is 0 Å². The van der Waals surface area contributed by atoms with Crippen LogP contribution in [0.2, 0.25) is 0 Å². The first-order valence-electron chi connectivity index (χ1n) is 6.81. The summed E-state index contributed by atoms with van der Waals surface area (Å²) in [6.45, 7) is 0.712. The highest BCUT2D eigenvalue weighted by molar-refractivity contribution is 5.82. The standard InChI is InChI=1S/C17H18N2O2/c1-20-15-7-12(8-16(10-15)21-2)11-19-14-3-4-17-13(9-14)5-6-18-17/h3-10,18-19H,11H2,1-2H3. The monoisotopic (exact) mass is 282 g/mol. The van der Waals surface area contributed by atoms with E-state index < -0.39 is 0 Å². The Morgan fingerprint density at radius 3 is 2.43 bits per heavy atom. The largest absolute Gasteiger partial charge is 0.497 e. The molecule has 0 radical (unpaired) electrons. The highest BCUT2D eigenvalue weighted by Gasteiger charge is 2.03. The molecule has 0 atom stereocenters. The fourth-order valence-electron chi connectivity index (χ4n) is 2.34. The summed E-state index contributed by atoms with van der Waals surface area (Å²) in [6, 6.07) is 14.2. The van der Waals surface area contributed by atoms with Crippen molar-refractivity contribution in [2.24, 2.45) is 0 Å². The number of benzene rings is 2. The number of aromatic amines is 1. The van der Waals surface area contributed by atoms with E-state index in [1.807, 2.05) is 24.4 Å². The first kappa shape index (κ1) is 13.4. The van der Waals surface area contributed by atoms with Gasteiger partial charge in [-0.3, -0.25) is 0 Å². The van der Waals surface area contributed by atoms with E-state index in [-0.39, 0.29) is 0 Å². The second-order valence-corrected chi connectivity index (χ2v) is 4.85. The lowest BCUT2D eigenvalue weighted by atomic mass is 10.2. The smallest absolute Gasteiger partial charge is 0.122 e. The third kappa shape index (κ3) is 2.94. The van der Waals surface area contributed by atoms with Crippen LogP contribution in [0, 0.1) is 0 Å². The Bertz CT molecular complexity index is 727. The minimum atomic E-state index is 0.712. The van der Waals surface area contributed by atoms with Gasteiger partial charge in [0.1, 0.15) is 11.5 Å². The maximum absolute atomic E-state index is 5.28. The van der Waals surface area contributed by atoms with Crippen LogP contribution in [0.15, 0.2) is 48.7 Å². The molecule has 21 heavy (non-hydrogen) atoms. The van der Waals surface area contributed by atoms with Crippen molar-refractivity contribution in [2.75, 3.05) is 19.5 Å². The van der Waals surface area contributed by atoms with E-state index in [0.717, 1.165) is 28.3 Å². The lowest BCUT2D eigenvalue weighted by Crippen LogP contribution is -2.00. The predicted octanol–water partition coefficient (Wildman–Crippen LogP) is 3.80. The summed E-state index contributed by atoms with van der Waals surface area (Å²) in [4.78, 5) is 3.19. The maximum atomic E-state index is 5.28. The van der Waals surface area contributed by atoms with Gasteiger partial charge in [-0.15, -0.1) is 0 Å². The third-order valence-electron chi connectivity index (χ3n) is 3.46. The van der Waals surface area contributed by atoms with Gasteiger partial charge in [0.15, 0.2) is 0 Å². The first-order valence-corrected chi connectivity index (χ1v) is 6.81. The van der Waals surface area contributed by atoms with Gasteiger partial charge in [-0.05, 0) is 42.0 Å². The Morgan fingerprint density at radius 2 is 1.71 bits per heavy atom. The molecule has 0 aliphatic rings. The quantitative estimate of drug-likeness (QED) is 0.748. The summed E-state index contributed by atoms with van der Waals surface area (Å²) in [7, 11) is 3.32. The summed E-state index contributed by atoms with van der Waals surface area (Å²) in [5.74, 6) is 1.60. The molecule has 0 saturated heterocycles. The zero-order chi connectivity index (χ0) is 14.7. The summed E-state index contributed by atoms with van der Waals surface area (Å²) in [5, 5.41) is 4.62. The van der Waals surface area contributed by atoms with Crippen LogP contribution >= 0.6 is 0 Å². The van der Waals surface area contributed by atoms with Crippen molar-refractivity contribution in [2.45, 2.75) is 6.54 Å². The van der Waals surface area contributed by atoms with Crippen LogP contribution in [-0.4, -0.2) is 19.2 Å². The first-order chi connectivity index (χ1) is 10.3. The van der Waals surface area contributed by atoms with Crippen molar-refractivity contribution in [3.8, 4) is 11.5 Å². The second-order valence-electron chi connectivity index (χ2n) is 4.85. The van der Waals surface area contributed by atoms with Crippen molar-refractivity contribution in [1.29, 1.82) is 0 Å². The average molecular weight is 282 g/mol.